The SMILES string of the molecule is CC(N)Cc1ccc2ccn(CCCC3CCCO3)c2c1. The van der Waals surface area contributed by atoms with Crippen molar-refractivity contribution in [3.63, 3.8) is 0 Å². The molecule has 1 aliphatic heterocycles. The lowest BCUT2D eigenvalue weighted by Gasteiger charge is -2.11. The Hall–Kier alpha value is -1.32. The van der Waals surface area contributed by atoms with E-state index in [4.69, 9.17) is 10.5 Å². The molecule has 3 nitrogen and oxygen atoms in total. The van der Waals surface area contributed by atoms with E-state index in [0.717, 1.165) is 19.6 Å². The Balaban J connectivity index is 1.66. The highest BCUT2D eigenvalue weighted by Gasteiger charge is 2.14. The van der Waals surface area contributed by atoms with E-state index < -0.39 is 0 Å². The first-order chi connectivity index (χ1) is 10.2. The first-order valence-corrected chi connectivity index (χ1v) is 8.17. The number of nitrogens with zero attached hydrogens (tertiary/aromatic N) is 1. The molecule has 0 spiro atoms. The van der Waals surface area contributed by atoms with Gasteiger partial charge in [0.15, 0.2) is 0 Å². The second-order valence-corrected chi connectivity index (χ2v) is 6.36. The van der Waals surface area contributed by atoms with Gasteiger partial charge in [-0.2, -0.15) is 0 Å². The van der Waals surface area contributed by atoms with Gasteiger partial charge in [-0.3, -0.25) is 0 Å². The molecule has 2 heterocycles. The van der Waals surface area contributed by atoms with Crippen LogP contribution in [0.3, 0.4) is 0 Å². The van der Waals surface area contributed by atoms with Crippen LogP contribution in [0.4, 0.5) is 0 Å². The van der Waals surface area contributed by atoms with Crippen LogP contribution in [0, 0.1) is 0 Å². The summed E-state index contributed by atoms with van der Waals surface area (Å²) in [5.74, 6) is 0. The van der Waals surface area contributed by atoms with Gasteiger partial charge >= 0.3 is 0 Å². The predicted octanol–water partition coefficient (Wildman–Crippen LogP) is 3.49. The summed E-state index contributed by atoms with van der Waals surface area (Å²) in [5, 5.41) is 1.32. The molecule has 0 aliphatic carbocycles. The van der Waals surface area contributed by atoms with Crippen molar-refractivity contribution >= 4 is 10.9 Å². The average molecular weight is 286 g/mol. The predicted molar refractivity (Wildman–Crippen MR) is 87.5 cm³/mol. The highest BCUT2D eigenvalue weighted by Crippen LogP contribution is 2.21. The third-order valence-electron chi connectivity index (χ3n) is 4.35. The Morgan fingerprint density at radius 1 is 1.38 bits per heavy atom. The van der Waals surface area contributed by atoms with E-state index in [1.807, 2.05) is 0 Å². The Morgan fingerprint density at radius 2 is 2.29 bits per heavy atom. The van der Waals surface area contributed by atoms with Crippen LogP contribution in [0.5, 0.6) is 0 Å². The van der Waals surface area contributed by atoms with Gasteiger partial charge in [0.1, 0.15) is 0 Å². The minimum atomic E-state index is 0.213. The number of aromatic nitrogens is 1. The molecular weight excluding hydrogens is 260 g/mol. The van der Waals surface area contributed by atoms with E-state index in [9.17, 15) is 0 Å². The van der Waals surface area contributed by atoms with E-state index in [2.05, 4.69) is 42.0 Å². The molecule has 0 bridgehead atoms. The molecule has 0 saturated carbocycles. The minimum absolute atomic E-state index is 0.213. The summed E-state index contributed by atoms with van der Waals surface area (Å²) in [5.41, 5.74) is 8.58. The molecule has 3 rings (SSSR count). The zero-order valence-corrected chi connectivity index (χ0v) is 12.9. The van der Waals surface area contributed by atoms with Crippen molar-refractivity contribution in [1.82, 2.24) is 4.57 Å². The molecule has 114 valence electrons. The van der Waals surface area contributed by atoms with Crippen molar-refractivity contribution in [2.24, 2.45) is 5.73 Å². The number of hydrogen-bond donors (Lipinski definition) is 1. The first kappa shape index (κ1) is 14.6. The second kappa shape index (κ2) is 6.63. The molecule has 0 radical (unpaired) electrons. The monoisotopic (exact) mass is 286 g/mol. The van der Waals surface area contributed by atoms with Gasteiger partial charge in [-0.05, 0) is 62.1 Å². The van der Waals surface area contributed by atoms with Gasteiger partial charge in [-0.25, -0.2) is 0 Å². The average Bonchev–Trinajstić information content (AvgIpc) is 3.08. The van der Waals surface area contributed by atoms with Gasteiger partial charge in [0.05, 0.1) is 6.10 Å². The Kier molecular flexibility index (Phi) is 4.61. The number of aryl methyl sites for hydroxylation is 1. The fourth-order valence-electron chi connectivity index (χ4n) is 3.28. The lowest BCUT2D eigenvalue weighted by Crippen LogP contribution is -2.17. The van der Waals surface area contributed by atoms with E-state index in [0.29, 0.717) is 6.10 Å². The van der Waals surface area contributed by atoms with Gasteiger partial charge in [-0.1, -0.05) is 12.1 Å². The molecule has 0 amide bonds. The molecule has 1 aliphatic rings. The number of rotatable bonds is 6. The van der Waals surface area contributed by atoms with Crippen LogP contribution in [0.2, 0.25) is 0 Å². The number of ether oxygens (including phenoxy) is 1. The fourth-order valence-corrected chi connectivity index (χ4v) is 3.28. The standard InChI is InChI=1S/C18H26N2O/c1-14(19)12-15-6-7-16-8-10-20(18(16)13-15)9-2-4-17-5-3-11-21-17/h6-8,10,13-14,17H,2-5,9,11-12,19H2,1H3. The smallest absolute Gasteiger partial charge is 0.0576 e. The van der Waals surface area contributed by atoms with Gasteiger partial charge in [0.2, 0.25) is 0 Å². The third kappa shape index (κ3) is 3.66. The fraction of sp³-hybridized carbons (Fsp3) is 0.556. The lowest BCUT2D eigenvalue weighted by molar-refractivity contribution is 0.101. The molecule has 3 heteroatoms. The number of benzene rings is 1. The van der Waals surface area contributed by atoms with Crippen LogP contribution in [0.15, 0.2) is 30.5 Å². The highest BCUT2D eigenvalue weighted by molar-refractivity contribution is 5.80. The quantitative estimate of drug-likeness (QED) is 0.883. The Morgan fingerprint density at radius 3 is 3.05 bits per heavy atom. The summed E-state index contributed by atoms with van der Waals surface area (Å²) < 4.78 is 8.07. The Bertz CT molecular complexity index is 582. The molecule has 2 atom stereocenters. The number of nitrogens with two attached hydrogens (primary N) is 1. The number of hydrogen-bond acceptors (Lipinski definition) is 2. The summed E-state index contributed by atoms with van der Waals surface area (Å²) in [6.45, 7) is 4.09. The molecule has 1 aromatic carbocycles. The second-order valence-electron chi connectivity index (χ2n) is 6.36. The van der Waals surface area contributed by atoms with Crippen molar-refractivity contribution in [3.8, 4) is 0 Å². The molecule has 2 N–H and O–H groups in total. The van der Waals surface area contributed by atoms with Crippen LogP contribution in [0.1, 0.15) is 38.2 Å². The third-order valence-corrected chi connectivity index (χ3v) is 4.35. The van der Waals surface area contributed by atoms with Crippen LogP contribution in [0.25, 0.3) is 10.9 Å². The summed E-state index contributed by atoms with van der Waals surface area (Å²) in [6, 6.07) is 9.12. The van der Waals surface area contributed by atoms with E-state index in [1.54, 1.807) is 0 Å². The van der Waals surface area contributed by atoms with Crippen molar-refractivity contribution in [3.05, 3.63) is 36.0 Å². The Labute approximate surface area is 127 Å². The van der Waals surface area contributed by atoms with Crippen molar-refractivity contribution in [1.29, 1.82) is 0 Å². The summed E-state index contributed by atoms with van der Waals surface area (Å²) in [6.07, 6.45) is 8.49. The van der Waals surface area contributed by atoms with Crippen molar-refractivity contribution in [2.45, 2.75) is 57.7 Å². The minimum Gasteiger partial charge on any atom is -0.378 e. The summed E-state index contributed by atoms with van der Waals surface area (Å²) in [4.78, 5) is 0. The van der Waals surface area contributed by atoms with E-state index in [-0.39, 0.29) is 6.04 Å². The maximum absolute atomic E-state index is 5.91. The zero-order chi connectivity index (χ0) is 14.7. The van der Waals surface area contributed by atoms with Gasteiger partial charge < -0.3 is 15.0 Å². The first-order valence-electron chi connectivity index (χ1n) is 8.17. The maximum atomic E-state index is 5.91. The van der Waals surface area contributed by atoms with E-state index >= 15 is 0 Å². The van der Waals surface area contributed by atoms with Gasteiger partial charge in [0, 0.05) is 30.9 Å². The van der Waals surface area contributed by atoms with Crippen LogP contribution >= 0.6 is 0 Å². The van der Waals surface area contributed by atoms with Gasteiger partial charge in [0.25, 0.3) is 0 Å². The molecular formula is C18H26N2O. The number of fused-ring (bicyclic) bond motifs is 1. The van der Waals surface area contributed by atoms with Crippen LogP contribution in [-0.2, 0) is 17.7 Å². The van der Waals surface area contributed by atoms with Crippen molar-refractivity contribution in [2.75, 3.05) is 6.61 Å². The van der Waals surface area contributed by atoms with Crippen LogP contribution in [-0.4, -0.2) is 23.3 Å². The maximum Gasteiger partial charge on any atom is 0.0576 e. The van der Waals surface area contributed by atoms with Crippen LogP contribution < -0.4 is 5.73 Å². The molecule has 21 heavy (non-hydrogen) atoms. The molecule has 1 aromatic heterocycles. The van der Waals surface area contributed by atoms with Gasteiger partial charge in [-0.15, -0.1) is 0 Å². The molecule has 2 aromatic rings. The zero-order valence-electron chi connectivity index (χ0n) is 12.9. The largest absolute Gasteiger partial charge is 0.378 e. The van der Waals surface area contributed by atoms with Crippen molar-refractivity contribution < 1.29 is 4.74 Å². The molecule has 1 saturated heterocycles. The lowest BCUT2D eigenvalue weighted by atomic mass is 10.1. The normalized spacial score (nSPS) is 20.2. The summed E-state index contributed by atoms with van der Waals surface area (Å²) >= 11 is 0. The topological polar surface area (TPSA) is 40.2 Å². The summed E-state index contributed by atoms with van der Waals surface area (Å²) in [7, 11) is 0. The highest BCUT2D eigenvalue weighted by atomic mass is 16.5. The van der Waals surface area contributed by atoms with E-state index in [1.165, 1.54) is 42.1 Å². The molecule has 1 fully saturated rings. The molecule has 2 unspecified atom stereocenters.